The third-order valence-corrected chi connectivity index (χ3v) is 5.91. The SMILES string of the molecule is CC(=O)Nc1ccc(C#Cc2ccc(OC(C)C)c(C(=O)N[C@@H](CO)Cc3c[nH]c4ccccc34)c2)cc1F. The second kappa shape index (κ2) is 12.3. The van der Waals surface area contributed by atoms with Crippen molar-refractivity contribution in [1.82, 2.24) is 10.3 Å². The number of para-hydroxylation sites is 1. The number of ether oxygens (including phenoxy) is 1. The molecule has 0 bridgehead atoms. The van der Waals surface area contributed by atoms with E-state index in [0.29, 0.717) is 23.3 Å². The van der Waals surface area contributed by atoms with Gasteiger partial charge < -0.3 is 25.5 Å². The Labute approximate surface area is 226 Å². The van der Waals surface area contributed by atoms with Gasteiger partial charge >= 0.3 is 0 Å². The van der Waals surface area contributed by atoms with Crippen LogP contribution in [0.1, 0.15) is 47.8 Å². The van der Waals surface area contributed by atoms with E-state index in [4.69, 9.17) is 4.74 Å². The predicted molar refractivity (Wildman–Crippen MR) is 149 cm³/mol. The number of aliphatic hydroxyl groups excluding tert-OH is 1. The summed E-state index contributed by atoms with van der Waals surface area (Å²) in [6.45, 7) is 4.79. The van der Waals surface area contributed by atoms with Gasteiger partial charge in [0.1, 0.15) is 11.6 Å². The molecule has 0 radical (unpaired) electrons. The fourth-order valence-electron chi connectivity index (χ4n) is 4.16. The maximum atomic E-state index is 14.3. The van der Waals surface area contributed by atoms with Crippen LogP contribution >= 0.6 is 0 Å². The number of H-pyrrole nitrogens is 1. The van der Waals surface area contributed by atoms with Crippen molar-refractivity contribution in [2.24, 2.45) is 0 Å². The van der Waals surface area contributed by atoms with E-state index in [9.17, 15) is 19.1 Å². The molecule has 7 nitrogen and oxygen atoms in total. The number of aromatic amines is 1. The monoisotopic (exact) mass is 527 g/mol. The van der Waals surface area contributed by atoms with E-state index in [1.807, 2.05) is 44.3 Å². The number of aliphatic hydroxyl groups is 1. The number of nitrogens with one attached hydrogen (secondary N) is 3. The van der Waals surface area contributed by atoms with Crippen LogP contribution in [0.5, 0.6) is 5.75 Å². The molecule has 2 amide bonds. The van der Waals surface area contributed by atoms with Crippen LogP contribution in [0.25, 0.3) is 10.9 Å². The lowest BCUT2D eigenvalue weighted by Crippen LogP contribution is -2.39. The molecule has 0 fully saturated rings. The number of benzene rings is 3. The number of fused-ring (bicyclic) bond motifs is 1. The third kappa shape index (κ3) is 7.03. The maximum Gasteiger partial charge on any atom is 0.255 e. The van der Waals surface area contributed by atoms with Crippen molar-refractivity contribution in [3.05, 3.63) is 94.9 Å². The van der Waals surface area contributed by atoms with Crippen molar-refractivity contribution < 1.29 is 23.8 Å². The number of carbonyl (C=O) groups excluding carboxylic acids is 2. The van der Waals surface area contributed by atoms with Crippen molar-refractivity contribution in [3.8, 4) is 17.6 Å². The standard InChI is InChI=1S/C31H30FN3O4/c1-19(2)39-30-13-11-21(8-9-22-10-12-29(27(32)15-22)34-20(3)37)14-26(30)31(38)35-24(18-36)16-23-17-33-28-7-5-4-6-25(23)28/h4-7,10-15,17,19,24,33,36H,16,18H2,1-3H3,(H,34,37)(H,35,38)/t24-/m1/s1. The summed E-state index contributed by atoms with van der Waals surface area (Å²) >= 11 is 0. The van der Waals surface area contributed by atoms with Crippen molar-refractivity contribution in [1.29, 1.82) is 0 Å². The summed E-state index contributed by atoms with van der Waals surface area (Å²) in [6.07, 6.45) is 2.15. The second-order valence-corrected chi connectivity index (χ2v) is 9.42. The van der Waals surface area contributed by atoms with Crippen LogP contribution in [-0.2, 0) is 11.2 Å². The van der Waals surface area contributed by atoms with Crippen LogP contribution in [0.4, 0.5) is 10.1 Å². The summed E-state index contributed by atoms with van der Waals surface area (Å²) in [5.41, 5.74) is 3.27. The highest BCUT2D eigenvalue weighted by molar-refractivity contribution is 5.97. The zero-order valence-electron chi connectivity index (χ0n) is 22.0. The first-order valence-electron chi connectivity index (χ1n) is 12.6. The van der Waals surface area contributed by atoms with E-state index in [0.717, 1.165) is 16.5 Å². The lowest BCUT2D eigenvalue weighted by molar-refractivity contribution is -0.114. The Kier molecular flexibility index (Phi) is 8.64. The highest BCUT2D eigenvalue weighted by Crippen LogP contribution is 2.23. The smallest absolute Gasteiger partial charge is 0.255 e. The molecule has 0 saturated carbocycles. The Morgan fingerprint density at radius 2 is 1.77 bits per heavy atom. The van der Waals surface area contributed by atoms with Crippen LogP contribution in [0, 0.1) is 17.7 Å². The van der Waals surface area contributed by atoms with Crippen LogP contribution in [0.3, 0.4) is 0 Å². The fourth-order valence-corrected chi connectivity index (χ4v) is 4.16. The van der Waals surface area contributed by atoms with Crippen LogP contribution in [0.15, 0.2) is 66.9 Å². The van der Waals surface area contributed by atoms with Gasteiger partial charge in [-0.3, -0.25) is 9.59 Å². The average molecular weight is 528 g/mol. The summed E-state index contributed by atoms with van der Waals surface area (Å²) in [7, 11) is 0. The topological polar surface area (TPSA) is 103 Å². The van der Waals surface area contributed by atoms with Gasteiger partial charge in [0.15, 0.2) is 0 Å². The van der Waals surface area contributed by atoms with Gasteiger partial charge in [-0.25, -0.2) is 4.39 Å². The molecule has 1 aromatic heterocycles. The van der Waals surface area contributed by atoms with Crippen LogP contribution in [0.2, 0.25) is 0 Å². The summed E-state index contributed by atoms with van der Waals surface area (Å²) in [5.74, 6) is 4.87. The Balaban J connectivity index is 1.56. The number of hydrogen-bond donors (Lipinski definition) is 4. The molecule has 1 atom stereocenters. The zero-order valence-corrected chi connectivity index (χ0v) is 22.0. The second-order valence-electron chi connectivity index (χ2n) is 9.42. The lowest BCUT2D eigenvalue weighted by Gasteiger charge is -2.19. The lowest BCUT2D eigenvalue weighted by atomic mass is 10.0. The number of aromatic nitrogens is 1. The first-order valence-corrected chi connectivity index (χ1v) is 12.6. The van der Waals surface area contributed by atoms with Gasteiger partial charge in [0.05, 0.1) is 30.0 Å². The Morgan fingerprint density at radius 3 is 2.46 bits per heavy atom. The number of anilines is 1. The minimum Gasteiger partial charge on any atom is -0.490 e. The molecule has 39 heavy (non-hydrogen) atoms. The molecule has 0 saturated heterocycles. The van der Waals surface area contributed by atoms with Crippen LogP contribution in [-0.4, -0.2) is 40.7 Å². The van der Waals surface area contributed by atoms with E-state index in [1.54, 1.807) is 24.3 Å². The summed E-state index contributed by atoms with van der Waals surface area (Å²) in [5, 5.41) is 16.4. The van der Waals surface area contributed by atoms with Crippen molar-refractivity contribution in [2.75, 3.05) is 11.9 Å². The molecule has 200 valence electrons. The van der Waals surface area contributed by atoms with E-state index < -0.39 is 17.8 Å². The number of rotatable bonds is 8. The van der Waals surface area contributed by atoms with Gasteiger partial charge in [0, 0.05) is 35.2 Å². The number of hydrogen-bond acceptors (Lipinski definition) is 4. The number of amides is 2. The van der Waals surface area contributed by atoms with Gasteiger partial charge in [-0.05, 0) is 68.3 Å². The highest BCUT2D eigenvalue weighted by atomic mass is 19.1. The maximum absolute atomic E-state index is 14.3. The Morgan fingerprint density at radius 1 is 1.05 bits per heavy atom. The molecule has 0 aliphatic rings. The average Bonchev–Trinajstić information content (AvgIpc) is 3.31. The van der Waals surface area contributed by atoms with Gasteiger partial charge in [0.2, 0.25) is 5.91 Å². The third-order valence-electron chi connectivity index (χ3n) is 5.91. The molecular weight excluding hydrogens is 497 g/mol. The van der Waals surface area contributed by atoms with Gasteiger partial charge in [-0.1, -0.05) is 30.0 Å². The van der Waals surface area contributed by atoms with Crippen molar-refractivity contribution in [2.45, 2.75) is 39.3 Å². The molecule has 0 spiro atoms. The summed E-state index contributed by atoms with van der Waals surface area (Å²) < 4.78 is 20.1. The normalized spacial score (nSPS) is 11.5. The molecule has 0 aliphatic carbocycles. The van der Waals surface area contributed by atoms with E-state index in [2.05, 4.69) is 27.5 Å². The van der Waals surface area contributed by atoms with Gasteiger partial charge in [0.25, 0.3) is 5.91 Å². The van der Waals surface area contributed by atoms with Crippen molar-refractivity contribution in [3.63, 3.8) is 0 Å². The minimum absolute atomic E-state index is 0.0771. The van der Waals surface area contributed by atoms with Gasteiger partial charge in [-0.15, -0.1) is 0 Å². The molecule has 0 unspecified atom stereocenters. The number of carbonyl (C=O) groups is 2. The first kappa shape index (κ1) is 27.4. The largest absolute Gasteiger partial charge is 0.490 e. The zero-order chi connectivity index (χ0) is 27.9. The Hall–Kier alpha value is -4.61. The molecule has 3 aromatic carbocycles. The molecule has 4 N–H and O–H groups in total. The molecule has 4 rings (SSSR count). The van der Waals surface area contributed by atoms with Gasteiger partial charge in [-0.2, -0.15) is 0 Å². The van der Waals surface area contributed by atoms with E-state index in [1.165, 1.54) is 19.1 Å². The van der Waals surface area contributed by atoms with E-state index in [-0.39, 0.29) is 29.9 Å². The molecule has 0 aliphatic heterocycles. The quantitative estimate of drug-likeness (QED) is 0.248. The summed E-state index contributed by atoms with van der Waals surface area (Å²) in [6, 6.07) is 16.6. The number of halogens is 1. The fraction of sp³-hybridized carbons (Fsp3) is 0.226. The minimum atomic E-state index is -0.594. The predicted octanol–water partition coefficient (Wildman–Crippen LogP) is 4.79. The van der Waals surface area contributed by atoms with Crippen molar-refractivity contribution >= 4 is 28.4 Å². The summed E-state index contributed by atoms with van der Waals surface area (Å²) in [4.78, 5) is 27.8. The molecular formula is C31H30FN3O4. The van der Waals surface area contributed by atoms with E-state index >= 15 is 0 Å². The van der Waals surface area contributed by atoms with Crippen LogP contribution < -0.4 is 15.4 Å². The molecule has 1 heterocycles. The molecule has 4 aromatic rings. The molecule has 8 heteroatoms. The highest BCUT2D eigenvalue weighted by Gasteiger charge is 2.19. The first-order chi connectivity index (χ1) is 18.7. The Bertz CT molecular complexity index is 1570.